The first kappa shape index (κ1) is 19.4. The second-order valence-electron chi connectivity index (χ2n) is 6.63. The van der Waals surface area contributed by atoms with Crippen molar-refractivity contribution in [1.82, 2.24) is 9.55 Å². The molecule has 1 unspecified atom stereocenters. The minimum atomic E-state index is 0.0399. The fraction of sp³-hybridized carbons (Fsp3) is 0.304. The molecule has 0 fully saturated rings. The van der Waals surface area contributed by atoms with Crippen LogP contribution >= 0.6 is 11.8 Å². The molecule has 4 heteroatoms. The molecule has 0 saturated heterocycles. The molecule has 1 aromatic heterocycles. The zero-order chi connectivity index (χ0) is 19.2. The molecule has 1 heterocycles. The quantitative estimate of drug-likeness (QED) is 0.291. The van der Waals surface area contributed by atoms with E-state index in [0.29, 0.717) is 11.9 Å². The Balaban J connectivity index is 2.06. The van der Waals surface area contributed by atoms with Crippen LogP contribution in [0.1, 0.15) is 43.1 Å². The maximum Gasteiger partial charge on any atom is 0.262 e. The second kappa shape index (κ2) is 9.05. The number of benzene rings is 2. The highest BCUT2D eigenvalue weighted by atomic mass is 32.2. The first-order valence-corrected chi connectivity index (χ1v) is 10.4. The van der Waals surface area contributed by atoms with Crippen LogP contribution in [0.3, 0.4) is 0 Å². The normalized spacial score (nSPS) is 12.7. The van der Waals surface area contributed by atoms with Gasteiger partial charge in [0.25, 0.3) is 5.56 Å². The Hall–Kier alpha value is -2.33. The van der Waals surface area contributed by atoms with E-state index >= 15 is 0 Å². The van der Waals surface area contributed by atoms with E-state index in [4.69, 9.17) is 4.98 Å². The highest BCUT2D eigenvalue weighted by Crippen LogP contribution is 2.35. The van der Waals surface area contributed by atoms with Crippen molar-refractivity contribution in [1.29, 1.82) is 0 Å². The molecule has 0 bridgehead atoms. The van der Waals surface area contributed by atoms with Crippen molar-refractivity contribution in [3.63, 3.8) is 0 Å². The van der Waals surface area contributed by atoms with Crippen LogP contribution in [-0.4, -0.2) is 9.55 Å². The molecule has 27 heavy (non-hydrogen) atoms. The van der Waals surface area contributed by atoms with Crippen LogP contribution in [0.4, 0.5) is 0 Å². The van der Waals surface area contributed by atoms with E-state index in [2.05, 4.69) is 43.3 Å². The summed E-state index contributed by atoms with van der Waals surface area (Å²) >= 11 is 1.64. The fourth-order valence-corrected chi connectivity index (χ4v) is 4.24. The first-order chi connectivity index (χ1) is 13.1. The van der Waals surface area contributed by atoms with Crippen molar-refractivity contribution in [3.05, 3.63) is 82.2 Å². The Morgan fingerprint density at radius 1 is 1.15 bits per heavy atom. The van der Waals surface area contributed by atoms with E-state index in [-0.39, 0.29) is 10.8 Å². The van der Waals surface area contributed by atoms with Gasteiger partial charge in [0, 0.05) is 6.54 Å². The second-order valence-corrected chi connectivity index (χ2v) is 7.74. The molecular formula is C23H26N2OS. The molecule has 3 aromatic rings. The zero-order valence-corrected chi connectivity index (χ0v) is 17.0. The van der Waals surface area contributed by atoms with Crippen LogP contribution in [0, 0.1) is 6.92 Å². The summed E-state index contributed by atoms with van der Waals surface area (Å²) < 4.78 is 1.79. The lowest BCUT2D eigenvalue weighted by atomic mass is 10.1. The molecule has 3 rings (SSSR count). The van der Waals surface area contributed by atoms with Gasteiger partial charge in [0.15, 0.2) is 5.16 Å². The third-order valence-corrected chi connectivity index (χ3v) is 5.72. The summed E-state index contributed by atoms with van der Waals surface area (Å²) in [6, 6.07) is 16.3. The highest BCUT2D eigenvalue weighted by molar-refractivity contribution is 7.99. The number of nitrogens with zero attached hydrogens (tertiary/aromatic N) is 2. The molecule has 0 aliphatic rings. The van der Waals surface area contributed by atoms with Gasteiger partial charge in [-0.2, -0.15) is 0 Å². The molecule has 0 radical (unpaired) electrons. The minimum Gasteiger partial charge on any atom is -0.287 e. The predicted octanol–water partition coefficient (Wildman–Crippen LogP) is 5.91. The molecule has 0 saturated carbocycles. The molecule has 140 valence electrons. The number of aromatic nitrogens is 2. The molecule has 0 aliphatic carbocycles. The average Bonchev–Trinajstić information content (AvgIpc) is 2.69. The van der Waals surface area contributed by atoms with Crippen molar-refractivity contribution in [3.8, 4) is 0 Å². The maximum atomic E-state index is 13.0. The van der Waals surface area contributed by atoms with Gasteiger partial charge >= 0.3 is 0 Å². The van der Waals surface area contributed by atoms with Crippen LogP contribution in [0.5, 0.6) is 0 Å². The molecule has 0 N–H and O–H groups in total. The van der Waals surface area contributed by atoms with Crippen LogP contribution in [0.25, 0.3) is 10.9 Å². The van der Waals surface area contributed by atoms with Crippen LogP contribution in [-0.2, 0) is 6.54 Å². The third-order valence-electron chi connectivity index (χ3n) is 4.52. The maximum absolute atomic E-state index is 13.0. The largest absolute Gasteiger partial charge is 0.287 e. The lowest BCUT2D eigenvalue weighted by Gasteiger charge is -2.17. The minimum absolute atomic E-state index is 0.0399. The Bertz CT molecular complexity index is 992. The summed E-state index contributed by atoms with van der Waals surface area (Å²) in [4.78, 5) is 17.8. The number of hydrogen-bond donors (Lipinski definition) is 0. The summed E-state index contributed by atoms with van der Waals surface area (Å²) in [6.07, 6.45) is 6.63. The third kappa shape index (κ3) is 4.51. The first-order valence-electron chi connectivity index (χ1n) is 9.53. The van der Waals surface area contributed by atoms with Crippen molar-refractivity contribution < 1.29 is 0 Å². The summed E-state index contributed by atoms with van der Waals surface area (Å²) in [5, 5.41) is 1.60. The van der Waals surface area contributed by atoms with Crippen LogP contribution in [0.15, 0.2) is 70.6 Å². The standard InChI is InChI=1S/C23H26N2OS/c1-4-6-8-13-21(18-11-9-7-10-12-18)27-23-24-20-15-14-17(3)16-19(20)22(26)25(23)5-2/h7-16,21H,4-6H2,1-3H3/b13-8-. The van der Waals surface area contributed by atoms with Crippen LogP contribution < -0.4 is 5.56 Å². The average molecular weight is 379 g/mol. The Morgan fingerprint density at radius 3 is 2.63 bits per heavy atom. The van der Waals surface area contributed by atoms with Gasteiger partial charge in [-0.05, 0) is 38.0 Å². The highest BCUT2D eigenvalue weighted by Gasteiger charge is 2.16. The number of unbranched alkanes of at least 4 members (excludes halogenated alkanes) is 1. The van der Waals surface area contributed by atoms with Gasteiger partial charge in [0.1, 0.15) is 0 Å². The molecular weight excluding hydrogens is 352 g/mol. The van der Waals surface area contributed by atoms with Crippen molar-refractivity contribution in [2.45, 2.75) is 50.6 Å². The Kier molecular flexibility index (Phi) is 6.51. The molecule has 1 atom stereocenters. The smallest absolute Gasteiger partial charge is 0.262 e. The number of allylic oxidation sites excluding steroid dienone is 1. The Labute approximate surface area is 165 Å². The van der Waals surface area contributed by atoms with E-state index in [1.807, 2.05) is 38.1 Å². The van der Waals surface area contributed by atoms with Gasteiger partial charge in [-0.25, -0.2) is 4.98 Å². The molecule has 0 amide bonds. The van der Waals surface area contributed by atoms with Gasteiger partial charge in [-0.1, -0.05) is 79.2 Å². The van der Waals surface area contributed by atoms with E-state index in [1.165, 1.54) is 5.56 Å². The van der Waals surface area contributed by atoms with Gasteiger partial charge in [-0.15, -0.1) is 0 Å². The van der Waals surface area contributed by atoms with E-state index in [9.17, 15) is 4.79 Å². The summed E-state index contributed by atoms with van der Waals surface area (Å²) in [6.45, 7) is 6.79. The molecule has 3 nitrogen and oxygen atoms in total. The van der Waals surface area contributed by atoms with Gasteiger partial charge in [0.05, 0.1) is 16.2 Å². The number of thioether (sulfide) groups is 1. The van der Waals surface area contributed by atoms with Gasteiger partial charge in [-0.3, -0.25) is 9.36 Å². The van der Waals surface area contributed by atoms with E-state index in [1.54, 1.807) is 16.3 Å². The number of rotatable bonds is 7. The van der Waals surface area contributed by atoms with Crippen molar-refractivity contribution in [2.75, 3.05) is 0 Å². The number of hydrogen-bond acceptors (Lipinski definition) is 3. The van der Waals surface area contributed by atoms with Crippen molar-refractivity contribution >= 4 is 22.7 Å². The lowest BCUT2D eigenvalue weighted by molar-refractivity contribution is 0.633. The SMILES string of the molecule is CCC/C=C\C(Sc1nc2ccc(C)cc2c(=O)n1CC)c1ccccc1. The number of fused-ring (bicyclic) bond motifs is 1. The number of aryl methyl sites for hydroxylation is 1. The Morgan fingerprint density at radius 2 is 1.93 bits per heavy atom. The molecule has 0 aliphatic heterocycles. The van der Waals surface area contributed by atoms with Crippen LogP contribution in [0.2, 0.25) is 0 Å². The zero-order valence-electron chi connectivity index (χ0n) is 16.2. The van der Waals surface area contributed by atoms with E-state index < -0.39 is 0 Å². The van der Waals surface area contributed by atoms with Gasteiger partial charge in [0.2, 0.25) is 0 Å². The summed E-state index contributed by atoms with van der Waals surface area (Å²) in [5.74, 6) is 0. The molecule has 2 aromatic carbocycles. The molecule has 0 spiro atoms. The van der Waals surface area contributed by atoms with E-state index in [0.717, 1.165) is 29.1 Å². The fourth-order valence-electron chi connectivity index (χ4n) is 3.04. The predicted molar refractivity (Wildman–Crippen MR) is 116 cm³/mol. The van der Waals surface area contributed by atoms with Crippen molar-refractivity contribution in [2.24, 2.45) is 0 Å². The summed E-state index contributed by atoms with van der Waals surface area (Å²) in [7, 11) is 0. The monoisotopic (exact) mass is 378 g/mol. The topological polar surface area (TPSA) is 34.9 Å². The lowest BCUT2D eigenvalue weighted by Crippen LogP contribution is -2.22. The summed E-state index contributed by atoms with van der Waals surface area (Å²) in [5.41, 5.74) is 3.10. The van der Waals surface area contributed by atoms with Gasteiger partial charge < -0.3 is 0 Å².